The zero-order valence-corrected chi connectivity index (χ0v) is 15.0. The predicted octanol–water partition coefficient (Wildman–Crippen LogP) is 4.34. The number of nitrogens with one attached hydrogen (secondary N) is 1. The topological polar surface area (TPSA) is 24.5 Å². The number of piperazine rings is 1. The molecule has 0 aromatic heterocycles. The number of fused-ring (bicyclic) bond motifs is 1. The van der Waals surface area contributed by atoms with Gasteiger partial charge < -0.3 is 15.0 Å². The molecule has 0 atom stereocenters. The Morgan fingerprint density at radius 3 is 2.50 bits per heavy atom. The smallest absolute Gasteiger partial charge is 0.127 e. The van der Waals surface area contributed by atoms with Gasteiger partial charge in [0.05, 0.1) is 6.61 Å². The molecule has 2 aromatic rings. The van der Waals surface area contributed by atoms with Crippen molar-refractivity contribution in [1.82, 2.24) is 10.2 Å². The summed E-state index contributed by atoms with van der Waals surface area (Å²) in [5.74, 6) is 0.941. The van der Waals surface area contributed by atoms with E-state index >= 15 is 0 Å². The minimum atomic E-state index is 0.777. The van der Waals surface area contributed by atoms with Gasteiger partial charge in [-0.3, -0.25) is 0 Å². The summed E-state index contributed by atoms with van der Waals surface area (Å²) < 4.78 is 5.99. The maximum absolute atomic E-state index is 6.25. The lowest BCUT2D eigenvalue weighted by molar-refractivity contribution is 0.234. The quantitative estimate of drug-likeness (QED) is 0.720. The van der Waals surface area contributed by atoms with E-state index in [4.69, 9.17) is 16.3 Å². The molecule has 0 unspecified atom stereocenters. The number of hydrogen-bond donors (Lipinski definition) is 1. The molecule has 0 saturated carbocycles. The summed E-state index contributed by atoms with van der Waals surface area (Å²) in [6, 6.07) is 12.1. The van der Waals surface area contributed by atoms with Gasteiger partial charge in [-0.15, -0.1) is 0 Å². The highest BCUT2D eigenvalue weighted by atomic mass is 35.5. The first kappa shape index (κ1) is 17.5. The van der Waals surface area contributed by atoms with Crippen LogP contribution < -0.4 is 10.1 Å². The zero-order chi connectivity index (χ0) is 16.6. The third kappa shape index (κ3) is 4.85. The van der Waals surface area contributed by atoms with Gasteiger partial charge in [0.2, 0.25) is 0 Å². The summed E-state index contributed by atoms with van der Waals surface area (Å²) in [6.45, 7) is 6.70. The molecule has 3 nitrogen and oxygen atoms in total. The van der Waals surface area contributed by atoms with Gasteiger partial charge in [-0.1, -0.05) is 48.7 Å². The average Bonchev–Trinajstić information content (AvgIpc) is 2.64. The van der Waals surface area contributed by atoms with Crippen molar-refractivity contribution in [3.8, 4) is 5.75 Å². The van der Waals surface area contributed by atoms with Crippen LogP contribution in [0.3, 0.4) is 0 Å². The van der Waals surface area contributed by atoms with Gasteiger partial charge in [0.25, 0.3) is 0 Å². The van der Waals surface area contributed by atoms with E-state index in [0.717, 1.165) is 47.7 Å². The van der Waals surface area contributed by atoms with Crippen LogP contribution in [0.4, 0.5) is 0 Å². The summed E-state index contributed by atoms with van der Waals surface area (Å²) >= 11 is 6.25. The van der Waals surface area contributed by atoms with Crippen molar-refractivity contribution in [2.45, 2.75) is 25.7 Å². The van der Waals surface area contributed by atoms with Crippen molar-refractivity contribution in [3.63, 3.8) is 0 Å². The number of halogens is 1. The average molecular weight is 347 g/mol. The zero-order valence-electron chi connectivity index (χ0n) is 14.3. The van der Waals surface area contributed by atoms with Crippen LogP contribution in [0.25, 0.3) is 10.8 Å². The molecule has 1 saturated heterocycles. The molecule has 0 spiro atoms. The summed E-state index contributed by atoms with van der Waals surface area (Å²) in [7, 11) is 0. The van der Waals surface area contributed by atoms with Crippen LogP contribution in [0.5, 0.6) is 5.75 Å². The molecule has 130 valence electrons. The number of rotatable bonds is 8. The van der Waals surface area contributed by atoms with Crippen LogP contribution in [-0.4, -0.2) is 44.2 Å². The van der Waals surface area contributed by atoms with Crippen molar-refractivity contribution in [1.29, 1.82) is 0 Å². The van der Waals surface area contributed by atoms with Crippen LogP contribution in [-0.2, 0) is 0 Å². The second kappa shape index (κ2) is 9.26. The molecule has 0 aliphatic carbocycles. The molecule has 4 heteroatoms. The fourth-order valence-electron chi connectivity index (χ4n) is 3.27. The van der Waals surface area contributed by atoms with Crippen LogP contribution >= 0.6 is 11.6 Å². The maximum atomic E-state index is 6.25. The van der Waals surface area contributed by atoms with Crippen molar-refractivity contribution in [3.05, 3.63) is 41.4 Å². The second-order valence-corrected chi connectivity index (χ2v) is 6.85. The molecule has 3 rings (SSSR count). The van der Waals surface area contributed by atoms with Gasteiger partial charge in [-0.2, -0.15) is 0 Å². The lowest BCUT2D eigenvalue weighted by Crippen LogP contribution is -2.43. The molecule has 0 radical (unpaired) electrons. The largest absolute Gasteiger partial charge is 0.493 e. The third-order valence-electron chi connectivity index (χ3n) is 4.67. The van der Waals surface area contributed by atoms with E-state index in [0.29, 0.717) is 0 Å². The molecule has 1 N–H and O–H groups in total. The minimum absolute atomic E-state index is 0.777. The molecule has 1 fully saturated rings. The Bertz CT molecular complexity index is 641. The number of nitrogens with zero attached hydrogens (tertiary/aromatic N) is 1. The van der Waals surface area contributed by atoms with Crippen LogP contribution in [0.1, 0.15) is 25.7 Å². The minimum Gasteiger partial charge on any atom is -0.493 e. The van der Waals surface area contributed by atoms with Crippen LogP contribution in [0.2, 0.25) is 5.02 Å². The Labute approximate surface area is 149 Å². The molecular formula is C20H27ClN2O. The Hall–Kier alpha value is -1.29. The van der Waals surface area contributed by atoms with Crippen molar-refractivity contribution >= 4 is 22.4 Å². The number of hydrogen-bond acceptors (Lipinski definition) is 3. The normalized spacial score (nSPS) is 15.7. The molecule has 1 heterocycles. The molecular weight excluding hydrogens is 320 g/mol. The molecule has 1 aliphatic rings. The number of benzene rings is 2. The Balaban J connectivity index is 1.36. The van der Waals surface area contributed by atoms with Gasteiger partial charge >= 0.3 is 0 Å². The van der Waals surface area contributed by atoms with Crippen LogP contribution in [0.15, 0.2) is 36.4 Å². The van der Waals surface area contributed by atoms with E-state index < -0.39 is 0 Å². The van der Waals surface area contributed by atoms with E-state index in [1.54, 1.807) is 0 Å². The Morgan fingerprint density at radius 1 is 0.917 bits per heavy atom. The van der Waals surface area contributed by atoms with E-state index in [9.17, 15) is 0 Å². The summed E-state index contributed by atoms with van der Waals surface area (Å²) in [5, 5.41) is 6.34. The Kier molecular flexibility index (Phi) is 6.76. The van der Waals surface area contributed by atoms with E-state index in [1.807, 2.05) is 30.3 Å². The van der Waals surface area contributed by atoms with E-state index in [2.05, 4.69) is 16.3 Å². The van der Waals surface area contributed by atoms with Crippen molar-refractivity contribution < 1.29 is 4.74 Å². The first-order valence-corrected chi connectivity index (χ1v) is 9.45. The molecule has 24 heavy (non-hydrogen) atoms. The van der Waals surface area contributed by atoms with Crippen molar-refractivity contribution in [2.75, 3.05) is 39.3 Å². The molecule has 0 bridgehead atoms. The molecule has 0 amide bonds. The van der Waals surface area contributed by atoms with Crippen LogP contribution in [0, 0.1) is 0 Å². The highest BCUT2D eigenvalue weighted by Gasteiger charge is 2.08. The fourth-order valence-corrected chi connectivity index (χ4v) is 3.50. The SMILES string of the molecule is Clc1ccc(OCCCCCCN2CCNCC2)c2ccccc12. The van der Waals surface area contributed by atoms with Gasteiger partial charge in [-0.05, 0) is 31.5 Å². The first-order chi connectivity index (χ1) is 11.8. The van der Waals surface area contributed by atoms with Gasteiger partial charge in [0.15, 0.2) is 0 Å². The molecule has 1 aliphatic heterocycles. The predicted molar refractivity (Wildman–Crippen MR) is 102 cm³/mol. The first-order valence-electron chi connectivity index (χ1n) is 9.08. The highest BCUT2D eigenvalue weighted by molar-refractivity contribution is 6.35. The highest BCUT2D eigenvalue weighted by Crippen LogP contribution is 2.31. The Morgan fingerprint density at radius 2 is 1.67 bits per heavy atom. The lowest BCUT2D eigenvalue weighted by Gasteiger charge is -2.27. The van der Waals surface area contributed by atoms with E-state index in [-0.39, 0.29) is 0 Å². The molecule has 2 aromatic carbocycles. The fraction of sp³-hybridized carbons (Fsp3) is 0.500. The summed E-state index contributed by atoms with van der Waals surface area (Å²) in [5.41, 5.74) is 0. The second-order valence-electron chi connectivity index (χ2n) is 6.45. The van der Waals surface area contributed by atoms with E-state index in [1.165, 1.54) is 38.9 Å². The third-order valence-corrected chi connectivity index (χ3v) is 5.00. The number of ether oxygens (including phenoxy) is 1. The maximum Gasteiger partial charge on any atom is 0.127 e. The lowest BCUT2D eigenvalue weighted by atomic mass is 10.1. The van der Waals surface area contributed by atoms with Gasteiger partial charge in [0.1, 0.15) is 5.75 Å². The number of unbranched alkanes of at least 4 members (excludes halogenated alkanes) is 3. The van der Waals surface area contributed by atoms with Gasteiger partial charge in [-0.25, -0.2) is 0 Å². The standard InChI is InChI=1S/C20H27ClN2O/c21-19-9-10-20(18-8-4-3-7-17(18)19)24-16-6-2-1-5-13-23-14-11-22-12-15-23/h3-4,7-10,22H,1-2,5-6,11-16H2. The van der Waals surface area contributed by atoms with Crippen molar-refractivity contribution in [2.24, 2.45) is 0 Å². The monoisotopic (exact) mass is 346 g/mol. The summed E-state index contributed by atoms with van der Waals surface area (Å²) in [6.07, 6.45) is 4.93. The summed E-state index contributed by atoms with van der Waals surface area (Å²) in [4.78, 5) is 2.56. The van der Waals surface area contributed by atoms with Gasteiger partial charge in [0, 0.05) is 42.0 Å².